The van der Waals surface area contributed by atoms with Gasteiger partial charge in [-0.3, -0.25) is 4.79 Å². The number of hydrogen-bond donors (Lipinski definition) is 1. The molecule has 2 aromatic rings. The predicted molar refractivity (Wildman–Crippen MR) is 105 cm³/mol. The molecule has 1 aromatic carbocycles. The number of carbonyl (C=O) groups excluding carboxylic acids is 1. The Kier molecular flexibility index (Phi) is 5.11. The minimum atomic E-state index is -0.240. The van der Waals surface area contributed by atoms with Crippen LogP contribution in [0.4, 0.5) is 11.5 Å². The van der Waals surface area contributed by atoms with Gasteiger partial charge in [-0.1, -0.05) is 12.1 Å². The number of hydrogen-bond acceptors (Lipinski definition) is 6. The first-order valence-electron chi connectivity index (χ1n) is 9.69. The number of anilines is 2. The summed E-state index contributed by atoms with van der Waals surface area (Å²) in [5.41, 5.74) is 8.22. The smallest absolute Gasteiger partial charge is 0.267 e. The van der Waals surface area contributed by atoms with Crippen molar-refractivity contribution in [3.63, 3.8) is 0 Å². The summed E-state index contributed by atoms with van der Waals surface area (Å²) in [7, 11) is 0. The van der Waals surface area contributed by atoms with Crippen molar-refractivity contribution in [2.24, 2.45) is 5.92 Å². The summed E-state index contributed by atoms with van der Waals surface area (Å²) in [5, 5.41) is 8.87. The molecule has 2 N–H and O–H groups in total. The number of nitrogen functional groups attached to an aromatic ring is 1. The number of aromatic nitrogens is 2. The van der Waals surface area contributed by atoms with E-state index in [4.69, 9.17) is 15.7 Å². The first-order chi connectivity index (χ1) is 13.7. The fourth-order valence-corrected chi connectivity index (χ4v) is 4.16. The third-order valence-corrected chi connectivity index (χ3v) is 5.76. The zero-order chi connectivity index (χ0) is 19.5. The van der Waals surface area contributed by atoms with Crippen molar-refractivity contribution >= 4 is 17.4 Å². The molecule has 1 aromatic heterocycles. The van der Waals surface area contributed by atoms with Gasteiger partial charge in [0.25, 0.3) is 5.91 Å². The Morgan fingerprint density at radius 2 is 1.93 bits per heavy atom. The SMILES string of the molecule is N#CC[C@H]1CC[C@H](c2ccc(N3CCOc4ncnc(N)c4C3=O)cc2)CC1. The van der Waals surface area contributed by atoms with Crippen LogP contribution in [0.25, 0.3) is 0 Å². The number of amides is 1. The normalized spacial score (nSPS) is 22.0. The van der Waals surface area contributed by atoms with E-state index in [0.717, 1.165) is 31.4 Å². The van der Waals surface area contributed by atoms with E-state index in [1.165, 1.54) is 11.9 Å². The third kappa shape index (κ3) is 3.50. The Morgan fingerprint density at radius 1 is 1.18 bits per heavy atom. The molecule has 0 atom stereocenters. The quantitative estimate of drug-likeness (QED) is 0.880. The number of benzene rings is 1. The van der Waals surface area contributed by atoms with Gasteiger partial charge in [-0.15, -0.1) is 0 Å². The summed E-state index contributed by atoms with van der Waals surface area (Å²) in [6, 6.07) is 10.5. The largest absolute Gasteiger partial charge is 0.475 e. The number of nitriles is 1. The molecule has 0 spiro atoms. The number of ether oxygens (including phenoxy) is 1. The molecule has 0 saturated heterocycles. The lowest BCUT2D eigenvalue weighted by Crippen LogP contribution is -2.32. The van der Waals surface area contributed by atoms with Gasteiger partial charge in [0.15, 0.2) is 0 Å². The van der Waals surface area contributed by atoms with Gasteiger partial charge in [0.2, 0.25) is 5.88 Å². The lowest BCUT2D eigenvalue weighted by molar-refractivity contribution is 0.0990. The van der Waals surface area contributed by atoms with Crippen LogP contribution in [0.2, 0.25) is 0 Å². The Balaban J connectivity index is 1.51. The van der Waals surface area contributed by atoms with Crippen LogP contribution in [0, 0.1) is 17.2 Å². The highest BCUT2D eigenvalue weighted by Crippen LogP contribution is 2.37. The van der Waals surface area contributed by atoms with Gasteiger partial charge in [-0.2, -0.15) is 5.26 Å². The molecule has 2 heterocycles. The van der Waals surface area contributed by atoms with Gasteiger partial charge >= 0.3 is 0 Å². The van der Waals surface area contributed by atoms with Crippen molar-refractivity contribution in [2.75, 3.05) is 23.8 Å². The zero-order valence-corrected chi connectivity index (χ0v) is 15.7. The van der Waals surface area contributed by atoms with E-state index in [-0.39, 0.29) is 23.2 Å². The molecule has 28 heavy (non-hydrogen) atoms. The number of rotatable bonds is 3. The standard InChI is InChI=1S/C21H23N5O2/c22-10-9-14-1-3-15(4-2-14)16-5-7-17(8-6-16)26-11-12-28-20-18(21(26)27)19(23)24-13-25-20/h5-8,13-15H,1-4,9,11-12H2,(H2,23,24,25)/t14-,15-. The van der Waals surface area contributed by atoms with Crippen molar-refractivity contribution in [1.82, 2.24) is 9.97 Å². The average molecular weight is 377 g/mol. The van der Waals surface area contributed by atoms with Crippen molar-refractivity contribution in [1.29, 1.82) is 5.26 Å². The summed E-state index contributed by atoms with van der Waals surface area (Å²) in [4.78, 5) is 22.6. The van der Waals surface area contributed by atoms with Gasteiger partial charge in [-0.25, -0.2) is 9.97 Å². The second-order valence-corrected chi connectivity index (χ2v) is 7.42. The molecule has 1 amide bonds. The van der Waals surface area contributed by atoms with Crippen LogP contribution in [0.1, 0.15) is 53.9 Å². The van der Waals surface area contributed by atoms with Gasteiger partial charge < -0.3 is 15.4 Å². The van der Waals surface area contributed by atoms with Crippen LogP contribution < -0.4 is 15.4 Å². The number of nitrogens with two attached hydrogens (primary N) is 1. The zero-order valence-electron chi connectivity index (χ0n) is 15.7. The maximum atomic E-state index is 13.0. The first kappa shape index (κ1) is 18.2. The molecule has 0 unspecified atom stereocenters. The average Bonchev–Trinajstić information content (AvgIpc) is 2.89. The molecule has 1 fully saturated rings. The third-order valence-electron chi connectivity index (χ3n) is 5.76. The molecule has 0 radical (unpaired) electrons. The monoisotopic (exact) mass is 377 g/mol. The molecule has 0 bridgehead atoms. The first-order valence-corrected chi connectivity index (χ1v) is 9.69. The van der Waals surface area contributed by atoms with Crippen molar-refractivity contribution in [2.45, 2.75) is 38.0 Å². The highest BCUT2D eigenvalue weighted by Gasteiger charge is 2.29. The van der Waals surface area contributed by atoms with E-state index in [0.29, 0.717) is 31.4 Å². The molecular formula is C21H23N5O2. The van der Waals surface area contributed by atoms with E-state index >= 15 is 0 Å². The minimum Gasteiger partial charge on any atom is -0.475 e. The molecule has 7 heteroatoms. The van der Waals surface area contributed by atoms with E-state index in [1.54, 1.807) is 4.90 Å². The number of carbonyl (C=O) groups is 1. The van der Waals surface area contributed by atoms with Gasteiger partial charge in [-0.05, 0) is 55.2 Å². The summed E-state index contributed by atoms with van der Waals surface area (Å²) in [5.74, 6) is 1.20. The fraction of sp³-hybridized carbons (Fsp3) is 0.429. The van der Waals surface area contributed by atoms with Crippen molar-refractivity contribution < 1.29 is 9.53 Å². The molecule has 2 aliphatic rings. The second-order valence-electron chi connectivity index (χ2n) is 7.42. The Bertz CT molecular complexity index is 898. The second kappa shape index (κ2) is 7.85. The summed E-state index contributed by atoms with van der Waals surface area (Å²) < 4.78 is 5.58. The molecule has 7 nitrogen and oxygen atoms in total. The van der Waals surface area contributed by atoms with Crippen LogP contribution >= 0.6 is 0 Å². The fourth-order valence-electron chi connectivity index (χ4n) is 4.16. The maximum absolute atomic E-state index is 13.0. The van der Waals surface area contributed by atoms with Crippen LogP contribution in [-0.2, 0) is 0 Å². The summed E-state index contributed by atoms with van der Waals surface area (Å²) >= 11 is 0. The predicted octanol–water partition coefficient (Wildman–Crippen LogP) is 3.29. The van der Waals surface area contributed by atoms with Crippen molar-refractivity contribution in [3.05, 3.63) is 41.7 Å². The van der Waals surface area contributed by atoms with Crippen LogP contribution in [0.15, 0.2) is 30.6 Å². The topological polar surface area (TPSA) is 105 Å². The molecular weight excluding hydrogens is 354 g/mol. The lowest BCUT2D eigenvalue weighted by atomic mass is 9.78. The van der Waals surface area contributed by atoms with Gasteiger partial charge in [0.1, 0.15) is 24.3 Å². The molecule has 1 saturated carbocycles. The summed E-state index contributed by atoms with van der Waals surface area (Å²) in [6.07, 6.45) is 6.42. The Labute approximate surface area is 164 Å². The molecule has 1 aliphatic carbocycles. The van der Waals surface area contributed by atoms with Gasteiger partial charge in [0.05, 0.1) is 12.6 Å². The maximum Gasteiger partial charge on any atom is 0.267 e. The van der Waals surface area contributed by atoms with Crippen LogP contribution in [0.5, 0.6) is 5.88 Å². The number of fused-ring (bicyclic) bond motifs is 1. The highest BCUT2D eigenvalue weighted by molar-refractivity contribution is 6.10. The van der Waals surface area contributed by atoms with Crippen molar-refractivity contribution in [3.8, 4) is 11.9 Å². The molecule has 4 rings (SSSR count). The highest BCUT2D eigenvalue weighted by atomic mass is 16.5. The number of nitrogens with zero attached hydrogens (tertiary/aromatic N) is 4. The van der Waals surface area contributed by atoms with E-state index in [2.05, 4.69) is 28.2 Å². The van der Waals surface area contributed by atoms with E-state index < -0.39 is 0 Å². The molecule has 144 valence electrons. The summed E-state index contributed by atoms with van der Waals surface area (Å²) in [6.45, 7) is 0.771. The van der Waals surface area contributed by atoms with Crippen LogP contribution in [0.3, 0.4) is 0 Å². The Hall–Kier alpha value is -3.14. The lowest BCUT2D eigenvalue weighted by Gasteiger charge is -2.28. The van der Waals surface area contributed by atoms with Gasteiger partial charge in [0, 0.05) is 12.1 Å². The Morgan fingerprint density at radius 3 is 2.64 bits per heavy atom. The van der Waals surface area contributed by atoms with E-state index in [1.807, 2.05) is 12.1 Å². The minimum absolute atomic E-state index is 0.132. The van der Waals surface area contributed by atoms with Crippen LogP contribution in [-0.4, -0.2) is 29.0 Å². The molecule has 1 aliphatic heterocycles. The van der Waals surface area contributed by atoms with E-state index in [9.17, 15) is 4.79 Å².